The van der Waals surface area contributed by atoms with Gasteiger partial charge in [0.25, 0.3) is 0 Å². The van der Waals surface area contributed by atoms with Crippen molar-refractivity contribution in [3.63, 3.8) is 0 Å². The van der Waals surface area contributed by atoms with Crippen LogP contribution in [0.5, 0.6) is 0 Å². The molecule has 5 heteroatoms. The van der Waals surface area contributed by atoms with E-state index in [9.17, 15) is 5.26 Å². The maximum absolute atomic E-state index is 9.23. The summed E-state index contributed by atoms with van der Waals surface area (Å²) in [6.07, 6.45) is 9.10. The molecule has 0 aliphatic heterocycles. The van der Waals surface area contributed by atoms with Crippen LogP contribution in [0, 0.1) is 29.5 Å². The number of nitriles is 1. The van der Waals surface area contributed by atoms with Crippen LogP contribution in [-0.2, 0) is 45.8 Å². The molecule has 61 heavy (non-hydrogen) atoms. The molecule has 0 fully saturated rings. The summed E-state index contributed by atoms with van der Waals surface area (Å²) in [6.45, 7) is 0. The summed E-state index contributed by atoms with van der Waals surface area (Å²) in [5, 5.41) is 9.23. The second kappa shape index (κ2) is 19.3. The Bertz CT molecular complexity index is 2780. The van der Waals surface area contributed by atoms with Gasteiger partial charge in [-0.25, -0.2) is 0 Å². The Kier molecular flexibility index (Phi) is 12.9. The molecule has 0 spiro atoms. The fourth-order valence-corrected chi connectivity index (χ4v) is 7.60. The van der Waals surface area contributed by atoms with Crippen LogP contribution < -0.4 is 0 Å². The van der Waals surface area contributed by atoms with E-state index < -0.39 is 0 Å². The van der Waals surface area contributed by atoms with Gasteiger partial charge in [0.05, 0.1) is 11.6 Å². The van der Waals surface area contributed by atoms with Gasteiger partial charge in [-0.1, -0.05) is 109 Å². The van der Waals surface area contributed by atoms with E-state index in [1.54, 1.807) is 0 Å². The maximum atomic E-state index is 9.23. The quantitative estimate of drug-likeness (QED) is 0.114. The fraction of sp³-hybridized carbons (Fsp3) is 0.0714. The Balaban J connectivity index is 0.00000514. The summed E-state index contributed by atoms with van der Waals surface area (Å²) < 4.78 is 0. The molecule has 3 heterocycles. The summed E-state index contributed by atoms with van der Waals surface area (Å²) in [6, 6.07) is 71.2. The van der Waals surface area contributed by atoms with Crippen molar-refractivity contribution in [2.45, 2.75) is 25.7 Å². The normalized spacial score (nSPS) is 10.7. The van der Waals surface area contributed by atoms with Crippen LogP contribution in [-0.4, -0.2) is 15.0 Å². The summed E-state index contributed by atoms with van der Waals surface area (Å²) in [4.78, 5) is 13.7. The van der Waals surface area contributed by atoms with Crippen LogP contribution in [0.3, 0.4) is 0 Å². The van der Waals surface area contributed by atoms with Crippen LogP contribution >= 0.6 is 0 Å². The standard InChI is InChI=1S/C56H39N4.Ir/c57-39-42-19-21-45(22-20-42)50-31-34-60-56(38-50)49-29-27-46(28-30-49)52-7-1-2-8-53(52)51-36-43(13-11-40-15-23-47(24-16-40)54-9-3-5-32-58-54)35-44(37-51)14-12-41-17-25-48(26-18-41)55-10-4-6-33-59-55;/h1-10,15-23,25,27-29,31-38H,11-14H2;/q-3;+3. The number of aryl methyl sites for hydroxylation is 4. The Labute approximate surface area is 371 Å². The van der Waals surface area contributed by atoms with E-state index in [0.29, 0.717) is 5.56 Å². The topological polar surface area (TPSA) is 62.5 Å². The Morgan fingerprint density at radius 2 is 0.902 bits per heavy atom. The number of hydrogen-bond donors (Lipinski definition) is 0. The molecule has 0 saturated carbocycles. The first kappa shape index (κ1) is 40.7. The van der Waals surface area contributed by atoms with Gasteiger partial charge in [0.2, 0.25) is 0 Å². The maximum Gasteiger partial charge on any atom is 3.00 e. The first-order chi connectivity index (χ1) is 29.6. The first-order valence-corrected chi connectivity index (χ1v) is 20.2. The van der Waals surface area contributed by atoms with E-state index >= 15 is 0 Å². The predicted molar refractivity (Wildman–Crippen MR) is 241 cm³/mol. The molecular weight excluding hydrogens is 921 g/mol. The molecule has 0 aliphatic carbocycles. The van der Waals surface area contributed by atoms with Crippen LogP contribution in [0.15, 0.2) is 188 Å². The van der Waals surface area contributed by atoms with Gasteiger partial charge in [-0.15, -0.1) is 101 Å². The summed E-state index contributed by atoms with van der Waals surface area (Å²) in [5.74, 6) is 0. The van der Waals surface area contributed by atoms with E-state index in [2.05, 4.69) is 142 Å². The van der Waals surface area contributed by atoms with Gasteiger partial charge in [0, 0.05) is 18.6 Å². The monoisotopic (exact) mass is 960 g/mol. The molecule has 9 aromatic rings. The zero-order valence-corrected chi connectivity index (χ0v) is 35.7. The van der Waals surface area contributed by atoms with E-state index in [-0.39, 0.29) is 20.1 Å². The average molecular weight is 960 g/mol. The Morgan fingerprint density at radius 3 is 1.43 bits per heavy atom. The van der Waals surface area contributed by atoms with Gasteiger partial charge in [-0.2, -0.15) is 5.26 Å². The van der Waals surface area contributed by atoms with Gasteiger partial charge in [0.1, 0.15) is 0 Å². The van der Waals surface area contributed by atoms with Crippen molar-refractivity contribution >= 4 is 0 Å². The predicted octanol–water partition coefficient (Wildman–Crippen LogP) is 12.7. The number of nitrogens with zero attached hydrogens (tertiary/aromatic N) is 4. The van der Waals surface area contributed by atoms with Crippen molar-refractivity contribution in [2.75, 3.05) is 0 Å². The molecular formula is C56H39IrN4. The first-order valence-electron chi connectivity index (χ1n) is 20.2. The molecule has 4 nitrogen and oxygen atoms in total. The van der Waals surface area contributed by atoms with Crippen molar-refractivity contribution in [1.29, 1.82) is 5.26 Å². The van der Waals surface area contributed by atoms with Crippen molar-refractivity contribution < 1.29 is 20.1 Å². The van der Waals surface area contributed by atoms with Crippen LogP contribution in [0.1, 0.15) is 27.8 Å². The molecule has 0 saturated heterocycles. The number of pyridine rings is 3. The molecule has 3 aromatic heterocycles. The third kappa shape index (κ3) is 9.86. The third-order valence-electron chi connectivity index (χ3n) is 10.8. The molecule has 0 amide bonds. The number of benzene rings is 6. The molecule has 0 aliphatic rings. The molecule has 292 valence electrons. The third-order valence-corrected chi connectivity index (χ3v) is 10.8. The number of rotatable bonds is 12. The Morgan fingerprint density at radius 1 is 0.393 bits per heavy atom. The Hall–Kier alpha value is -7.09. The smallest absolute Gasteiger partial charge is 0.305 e. The second-order valence-electron chi connectivity index (χ2n) is 14.8. The molecule has 0 radical (unpaired) electrons. The van der Waals surface area contributed by atoms with Crippen LogP contribution in [0.2, 0.25) is 0 Å². The fourth-order valence-electron chi connectivity index (χ4n) is 7.60. The van der Waals surface area contributed by atoms with Crippen LogP contribution in [0.25, 0.3) is 67.2 Å². The molecule has 0 bridgehead atoms. The van der Waals surface area contributed by atoms with E-state index in [1.807, 2.05) is 85.3 Å². The summed E-state index contributed by atoms with van der Waals surface area (Å²) in [5.41, 5.74) is 18.1. The van der Waals surface area contributed by atoms with E-state index in [4.69, 9.17) is 0 Å². The van der Waals surface area contributed by atoms with E-state index in [1.165, 1.54) is 33.4 Å². The summed E-state index contributed by atoms with van der Waals surface area (Å²) in [7, 11) is 0. The van der Waals surface area contributed by atoms with E-state index in [0.717, 1.165) is 81.7 Å². The summed E-state index contributed by atoms with van der Waals surface area (Å²) >= 11 is 0. The van der Waals surface area contributed by atoms with Gasteiger partial charge >= 0.3 is 20.1 Å². The number of aromatic nitrogens is 3. The van der Waals surface area contributed by atoms with Gasteiger partial charge < -0.3 is 15.0 Å². The average Bonchev–Trinajstić information content (AvgIpc) is 3.33. The minimum atomic E-state index is 0. The van der Waals surface area contributed by atoms with Gasteiger partial charge in [-0.05, 0) is 93.6 Å². The number of hydrogen-bond acceptors (Lipinski definition) is 4. The van der Waals surface area contributed by atoms with Crippen molar-refractivity contribution in [1.82, 2.24) is 15.0 Å². The molecule has 0 unspecified atom stereocenters. The molecule has 0 N–H and O–H groups in total. The van der Waals surface area contributed by atoms with Crippen molar-refractivity contribution in [2.24, 2.45) is 0 Å². The zero-order chi connectivity index (χ0) is 40.5. The minimum Gasteiger partial charge on any atom is -0.305 e. The minimum absolute atomic E-state index is 0. The van der Waals surface area contributed by atoms with Crippen LogP contribution in [0.4, 0.5) is 0 Å². The molecule has 0 atom stereocenters. The second-order valence-corrected chi connectivity index (χ2v) is 14.8. The zero-order valence-electron chi connectivity index (χ0n) is 33.3. The SMILES string of the molecule is N#Cc1ccc(-c2ccnc(-c3[c-]cc(-c4ccccc4-c4cc(CCc5c[c-]c(-c6ccccn6)cc5)cc(CCc5c[c-]c(-c6ccccn6)cc5)c4)cc3)c2)cc1.[Ir+3]. The van der Waals surface area contributed by atoms with Crippen molar-refractivity contribution in [3.05, 3.63) is 234 Å². The van der Waals surface area contributed by atoms with Gasteiger partial charge in [0.15, 0.2) is 0 Å². The van der Waals surface area contributed by atoms with Gasteiger partial charge in [-0.3, -0.25) is 0 Å². The molecule has 6 aromatic carbocycles. The largest absolute Gasteiger partial charge is 3.00 e. The van der Waals surface area contributed by atoms with Crippen molar-refractivity contribution in [3.8, 4) is 73.2 Å². The molecule has 9 rings (SSSR count).